The van der Waals surface area contributed by atoms with E-state index in [0.717, 1.165) is 4.90 Å². The number of carbonyl (C=O) groups is 1. The monoisotopic (exact) mass is 518 g/mol. The average Bonchev–Trinajstić information content (AvgIpc) is 3.32. The van der Waals surface area contributed by atoms with Crippen LogP contribution in [0.1, 0.15) is 12.8 Å². The zero-order valence-corrected chi connectivity index (χ0v) is 20.7. The fraction of sp³-hybridized carbons (Fsp3) is 0.273. The third kappa shape index (κ3) is 5.30. The van der Waals surface area contributed by atoms with Gasteiger partial charge in [-0.25, -0.2) is 13.4 Å². The minimum absolute atomic E-state index is 0.00200. The lowest BCUT2D eigenvalue weighted by molar-refractivity contribution is -0.384. The number of sulfonamides is 1. The van der Waals surface area contributed by atoms with Crippen molar-refractivity contribution in [1.82, 2.24) is 9.29 Å². The number of thiazole rings is 1. The number of aromatic nitrogens is 1. The van der Waals surface area contributed by atoms with Gasteiger partial charge in [0.1, 0.15) is 0 Å². The summed E-state index contributed by atoms with van der Waals surface area (Å²) in [5.41, 5.74) is 1.33. The summed E-state index contributed by atoms with van der Waals surface area (Å²) in [6, 6.07) is 12.9. The van der Waals surface area contributed by atoms with Gasteiger partial charge >= 0.3 is 0 Å². The van der Waals surface area contributed by atoms with E-state index in [0.29, 0.717) is 29.2 Å². The largest absolute Gasteiger partial charge is 0.302 e. The molecule has 2 aromatic carbocycles. The Hall–Kier alpha value is -2.80. The van der Waals surface area contributed by atoms with Gasteiger partial charge in [-0.05, 0) is 55.5 Å². The number of nitrogens with one attached hydrogen (secondary N) is 1. The SMILES string of the molecule is CSc1ccc(S(=O)(=O)N2CCC(C(=O)Nc3nc(-c4ccc([N+](=O)[O-])cc4)cs3)CC2)cc1. The lowest BCUT2D eigenvalue weighted by Crippen LogP contribution is -2.41. The fourth-order valence-corrected chi connectivity index (χ4v) is 6.28. The molecule has 0 atom stereocenters. The number of hydrogen-bond donors (Lipinski definition) is 1. The van der Waals surface area contributed by atoms with E-state index in [1.54, 1.807) is 53.5 Å². The van der Waals surface area contributed by atoms with Crippen LogP contribution >= 0.6 is 23.1 Å². The van der Waals surface area contributed by atoms with Crippen LogP contribution in [-0.4, -0.2) is 47.9 Å². The maximum Gasteiger partial charge on any atom is 0.269 e. The van der Waals surface area contributed by atoms with Crippen LogP contribution in [0.4, 0.5) is 10.8 Å². The Kier molecular flexibility index (Phi) is 7.31. The fourth-order valence-electron chi connectivity index (χ4n) is 3.68. The molecule has 1 aliphatic heterocycles. The molecule has 0 saturated carbocycles. The molecule has 1 amide bonds. The molecule has 0 radical (unpaired) electrons. The number of anilines is 1. The normalized spacial score (nSPS) is 15.2. The first-order valence-corrected chi connectivity index (χ1v) is 14.0. The van der Waals surface area contributed by atoms with Crippen molar-refractivity contribution < 1.29 is 18.1 Å². The highest BCUT2D eigenvalue weighted by Crippen LogP contribution is 2.29. The molecular weight excluding hydrogens is 496 g/mol. The van der Waals surface area contributed by atoms with Gasteiger partial charge in [0.05, 0.1) is 15.5 Å². The molecule has 9 nitrogen and oxygen atoms in total. The summed E-state index contributed by atoms with van der Waals surface area (Å²) < 4.78 is 27.3. The summed E-state index contributed by atoms with van der Waals surface area (Å²) >= 11 is 2.82. The van der Waals surface area contributed by atoms with Crippen LogP contribution in [0, 0.1) is 16.0 Å². The van der Waals surface area contributed by atoms with Crippen molar-refractivity contribution in [2.75, 3.05) is 24.7 Å². The zero-order chi connectivity index (χ0) is 24.3. The van der Waals surface area contributed by atoms with E-state index < -0.39 is 14.9 Å². The number of nitrogens with zero attached hydrogens (tertiary/aromatic N) is 3. The van der Waals surface area contributed by atoms with Gasteiger partial charge in [0.15, 0.2) is 5.13 Å². The number of carbonyl (C=O) groups excluding carboxylic acids is 1. The lowest BCUT2D eigenvalue weighted by Gasteiger charge is -2.30. The van der Waals surface area contributed by atoms with Crippen molar-refractivity contribution in [3.8, 4) is 11.3 Å². The predicted molar refractivity (Wildman–Crippen MR) is 133 cm³/mol. The van der Waals surface area contributed by atoms with Crippen LogP contribution in [0.15, 0.2) is 63.7 Å². The number of thioether (sulfide) groups is 1. The Morgan fingerprint density at radius 3 is 2.38 bits per heavy atom. The second kappa shape index (κ2) is 10.2. The first kappa shape index (κ1) is 24.3. The van der Waals surface area contributed by atoms with Gasteiger partial charge in [0.2, 0.25) is 15.9 Å². The number of amides is 1. The molecule has 0 spiro atoms. The molecule has 34 heavy (non-hydrogen) atoms. The summed E-state index contributed by atoms with van der Waals surface area (Å²) in [6.07, 6.45) is 2.78. The Bertz CT molecular complexity index is 1280. The number of nitro benzene ring substituents is 1. The third-order valence-corrected chi connectivity index (χ3v) is 9.04. The minimum Gasteiger partial charge on any atom is -0.302 e. The number of piperidine rings is 1. The van der Waals surface area contributed by atoms with E-state index in [2.05, 4.69) is 10.3 Å². The molecule has 0 bridgehead atoms. The first-order valence-electron chi connectivity index (χ1n) is 10.4. The maximum atomic E-state index is 12.9. The summed E-state index contributed by atoms with van der Waals surface area (Å²) in [5, 5.41) is 15.8. The second-order valence-electron chi connectivity index (χ2n) is 7.69. The van der Waals surface area contributed by atoms with Crippen LogP contribution < -0.4 is 5.32 Å². The van der Waals surface area contributed by atoms with Crippen LogP contribution in [0.5, 0.6) is 0 Å². The predicted octanol–water partition coefficient (Wildman–Crippen LogP) is 4.48. The molecule has 1 aromatic heterocycles. The van der Waals surface area contributed by atoms with Crippen molar-refractivity contribution in [3.63, 3.8) is 0 Å². The number of hydrogen-bond acceptors (Lipinski definition) is 8. The zero-order valence-electron chi connectivity index (χ0n) is 18.2. The summed E-state index contributed by atoms with van der Waals surface area (Å²) in [6.45, 7) is 0.549. The highest BCUT2D eigenvalue weighted by atomic mass is 32.2. The highest BCUT2D eigenvalue weighted by molar-refractivity contribution is 7.98. The molecule has 1 N–H and O–H groups in total. The van der Waals surface area contributed by atoms with E-state index in [-0.39, 0.29) is 35.5 Å². The van der Waals surface area contributed by atoms with Crippen LogP contribution in [-0.2, 0) is 14.8 Å². The molecule has 0 unspecified atom stereocenters. The van der Waals surface area contributed by atoms with Gasteiger partial charge in [-0.1, -0.05) is 0 Å². The molecule has 2 heterocycles. The van der Waals surface area contributed by atoms with Crippen molar-refractivity contribution >= 4 is 49.8 Å². The van der Waals surface area contributed by atoms with E-state index in [1.807, 2.05) is 6.26 Å². The van der Waals surface area contributed by atoms with Crippen LogP contribution in [0.2, 0.25) is 0 Å². The first-order chi connectivity index (χ1) is 16.3. The van der Waals surface area contributed by atoms with Gasteiger partial charge in [-0.15, -0.1) is 23.1 Å². The van der Waals surface area contributed by atoms with Gasteiger partial charge < -0.3 is 5.32 Å². The van der Waals surface area contributed by atoms with E-state index in [4.69, 9.17) is 0 Å². The van der Waals surface area contributed by atoms with Gasteiger partial charge in [0, 0.05) is 47.0 Å². The summed E-state index contributed by atoms with van der Waals surface area (Å²) in [7, 11) is -3.59. The van der Waals surface area contributed by atoms with Crippen LogP contribution in [0.25, 0.3) is 11.3 Å². The summed E-state index contributed by atoms with van der Waals surface area (Å²) in [4.78, 5) is 28.7. The van der Waals surface area contributed by atoms with E-state index in [9.17, 15) is 23.3 Å². The molecule has 178 valence electrons. The smallest absolute Gasteiger partial charge is 0.269 e. The topological polar surface area (TPSA) is 123 Å². The lowest BCUT2D eigenvalue weighted by atomic mass is 9.97. The highest BCUT2D eigenvalue weighted by Gasteiger charge is 2.32. The Balaban J connectivity index is 1.34. The van der Waals surface area contributed by atoms with Crippen molar-refractivity contribution in [2.24, 2.45) is 5.92 Å². The molecule has 4 rings (SSSR count). The Morgan fingerprint density at radius 1 is 1.15 bits per heavy atom. The van der Waals surface area contributed by atoms with Crippen LogP contribution in [0.3, 0.4) is 0 Å². The van der Waals surface area contributed by atoms with Crippen molar-refractivity contribution in [1.29, 1.82) is 0 Å². The number of nitro groups is 1. The Labute approximate surface area is 205 Å². The third-order valence-electron chi connectivity index (χ3n) is 5.63. The van der Waals surface area contributed by atoms with Crippen molar-refractivity contribution in [2.45, 2.75) is 22.6 Å². The molecule has 3 aromatic rings. The standard InChI is InChI=1S/C22H22N4O5S3/c1-32-18-6-8-19(9-7-18)34(30,31)25-12-10-16(11-13-25)21(27)24-22-23-20(14-33-22)15-2-4-17(5-3-15)26(28)29/h2-9,14,16H,10-13H2,1H3,(H,23,24,27). The van der Waals surface area contributed by atoms with Gasteiger partial charge in [-0.3, -0.25) is 14.9 Å². The quantitative estimate of drug-likeness (QED) is 0.278. The summed E-state index contributed by atoms with van der Waals surface area (Å²) in [5.74, 6) is -0.497. The number of non-ortho nitro benzene ring substituents is 1. The minimum atomic E-state index is -3.59. The van der Waals surface area contributed by atoms with Crippen molar-refractivity contribution in [3.05, 3.63) is 64.0 Å². The molecule has 12 heteroatoms. The molecule has 1 aliphatic rings. The molecule has 0 aliphatic carbocycles. The van der Waals surface area contributed by atoms with E-state index >= 15 is 0 Å². The molecular formula is C22H22N4O5S3. The number of benzene rings is 2. The van der Waals surface area contributed by atoms with E-state index in [1.165, 1.54) is 27.8 Å². The Morgan fingerprint density at radius 2 is 1.79 bits per heavy atom. The number of rotatable bonds is 7. The average molecular weight is 519 g/mol. The molecule has 1 fully saturated rings. The van der Waals surface area contributed by atoms with Gasteiger partial charge in [0.25, 0.3) is 5.69 Å². The molecule has 1 saturated heterocycles. The van der Waals surface area contributed by atoms with Gasteiger partial charge in [-0.2, -0.15) is 4.31 Å². The maximum absolute atomic E-state index is 12.9. The second-order valence-corrected chi connectivity index (χ2v) is 11.4.